The number of ether oxygens (including phenoxy) is 1. The second-order valence-electron chi connectivity index (χ2n) is 2.98. The number of rotatable bonds is 3. The molecule has 18 heavy (non-hydrogen) atoms. The third kappa shape index (κ3) is 3.13. The molecule has 0 aliphatic heterocycles. The van der Waals surface area contributed by atoms with E-state index in [0.717, 1.165) is 24.3 Å². The molecule has 9 heteroatoms. The Balaban J connectivity index is 3.16. The highest BCUT2D eigenvalue weighted by atomic mass is 32.2. The molecule has 1 aromatic carbocycles. The average Bonchev–Trinajstić information content (AvgIpc) is 2.39. The summed E-state index contributed by atoms with van der Waals surface area (Å²) in [6.45, 7) is 0. The van der Waals surface area contributed by atoms with Crippen molar-refractivity contribution in [3.05, 3.63) is 34.5 Å². The Morgan fingerprint density at radius 1 is 1.11 bits per heavy atom. The van der Waals surface area contributed by atoms with Gasteiger partial charge in [-0.1, -0.05) is 0 Å². The van der Waals surface area contributed by atoms with Crippen LogP contribution in [0.25, 0.3) is 0 Å². The minimum Gasteiger partial charge on any atom is -0.493 e. The van der Waals surface area contributed by atoms with Gasteiger partial charge in [-0.05, 0) is 24.3 Å². The van der Waals surface area contributed by atoms with E-state index in [0.29, 0.717) is 0 Å². The lowest BCUT2D eigenvalue weighted by Crippen LogP contribution is -2.27. The lowest BCUT2D eigenvalue weighted by atomic mass is 10.5. The van der Waals surface area contributed by atoms with Gasteiger partial charge in [0.2, 0.25) is 5.43 Å². The Labute approximate surface area is 99.9 Å². The molecular formula is C9H7F3O5S. The molecule has 0 saturated heterocycles. The maximum absolute atomic E-state index is 12.0. The minimum atomic E-state index is -5.76. The van der Waals surface area contributed by atoms with Crippen molar-refractivity contribution in [1.82, 2.24) is 0 Å². The molecular weight excluding hydrogens is 277 g/mol. The maximum atomic E-state index is 12.0. The zero-order valence-electron chi connectivity index (χ0n) is 8.89. The van der Waals surface area contributed by atoms with Gasteiger partial charge in [0.1, 0.15) is 5.75 Å². The van der Waals surface area contributed by atoms with Gasteiger partial charge in [-0.15, -0.1) is 0 Å². The SMILES string of the molecule is COc1ccc(OS(=O)(=O)C(F)(F)F)ccc1=O. The molecule has 0 N–H and O–H groups in total. The summed E-state index contributed by atoms with van der Waals surface area (Å²) in [6.07, 6.45) is 0. The van der Waals surface area contributed by atoms with Crippen LogP contribution in [0.2, 0.25) is 0 Å². The molecule has 0 bridgehead atoms. The first-order valence-corrected chi connectivity index (χ1v) is 5.77. The van der Waals surface area contributed by atoms with Crippen LogP contribution in [-0.2, 0) is 10.1 Å². The molecule has 0 spiro atoms. The van der Waals surface area contributed by atoms with E-state index >= 15 is 0 Å². The number of hydrogen-bond acceptors (Lipinski definition) is 5. The van der Waals surface area contributed by atoms with E-state index in [2.05, 4.69) is 8.92 Å². The molecule has 1 rings (SSSR count). The van der Waals surface area contributed by atoms with Crippen molar-refractivity contribution in [2.75, 3.05) is 7.11 Å². The number of hydrogen-bond donors (Lipinski definition) is 0. The Morgan fingerprint density at radius 3 is 2.17 bits per heavy atom. The van der Waals surface area contributed by atoms with Crippen molar-refractivity contribution in [2.24, 2.45) is 0 Å². The predicted octanol–water partition coefficient (Wildman–Crippen LogP) is 1.28. The molecule has 0 fully saturated rings. The summed E-state index contributed by atoms with van der Waals surface area (Å²) in [5.74, 6) is -0.804. The second kappa shape index (κ2) is 4.84. The van der Waals surface area contributed by atoms with Crippen LogP contribution in [0.15, 0.2) is 29.1 Å². The van der Waals surface area contributed by atoms with Crippen LogP contribution in [0, 0.1) is 0 Å². The second-order valence-corrected chi connectivity index (χ2v) is 4.52. The third-order valence-electron chi connectivity index (χ3n) is 1.75. The molecule has 0 aliphatic rings. The summed E-state index contributed by atoms with van der Waals surface area (Å²) in [6, 6.07) is 3.52. The Kier molecular flexibility index (Phi) is 3.85. The van der Waals surface area contributed by atoms with Crippen LogP contribution in [0.1, 0.15) is 0 Å². The minimum absolute atomic E-state index is 0.158. The van der Waals surface area contributed by atoms with Crippen LogP contribution in [0.5, 0.6) is 11.5 Å². The van der Waals surface area contributed by atoms with Gasteiger partial charge in [0.25, 0.3) is 0 Å². The Hall–Kier alpha value is -1.77. The quantitative estimate of drug-likeness (QED) is 0.618. The van der Waals surface area contributed by atoms with Gasteiger partial charge in [0, 0.05) is 0 Å². The molecule has 0 unspecified atom stereocenters. The lowest BCUT2D eigenvalue weighted by Gasteiger charge is -2.07. The number of alkyl halides is 3. The van der Waals surface area contributed by atoms with E-state index < -0.39 is 26.8 Å². The maximum Gasteiger partial charge on any atom is 0.534 e. The molecule has 5 nitrogen and oxygen atoms in total. The van der Waals surface area contributed by atoms with Gasteiger partial charge in [-0.25, -0.2) is 0 Å². The molecule has 100 valence electrons. The van der Waals surface area contributed by atoms with Crippen molar-refractivity contribution in [3.63, 3.8) is 0 Å². The molecule has 0 amide bonds. The van der Waals surface area contributed by atoms with E-state index in [4.69, 9.17) is 0 Å². The number of methoxy groups -OCH3 is 1. The monoisotopic (exact) mass is 284 g/mol. The van der Waals surface area contributed by atoms with Gasteiger partial charge in [-0.2, -0.15) is 21.6 Å². The fourth-order valence-electron chi connectivity index (χ4n) is 0.934. The smallest absolute Gasteiger partial charge is 0.493 e. The predicted molar refractivity (Wildman–Crippen MR) is 54.9 cm³/mol. The molecule has 0 saturated carbocycles. The molecule has 0 aromatic heterocycles. The summed E-state index contributed by atoms with van der Waals surface area (Å²) < 4.78 is 66.0. The molecule has 0 aliphatic carbocycles. The fourth-order valence-corrected chi connectivity index (χ4v) is 1.39. The van der Waals surface area contributed by atoms with Crippen LogP contribution in [0.3, 0.4) is 0 Å². The topological polar surface area (TPSA) is 69.7 Å². The van der Waals surface area contributed by atoms with Crippen molar-refractivity contribution in [2.45, 2.75) is 5.51 Å². The van der Waals surface area contributed by atoms with Crippen molar-refractivity contribution in [1.29, 1.82) is 0 Å². The van der Waals surface area contributed by atoms with Crippen LogP contribution >= 0.6 is 0 Å². The van der Waals surface area contributed by atoms with E-state index in [1.165, 1.54) is 7.11 Å². The van der Waals surface area contributed by atoms with Gasteiger partial charge in [0.15, 0.2) is 5.75 Å². The van der Waals surface area contributed by atoms with Crippen molar-refractivity contribution >= 4 is 10.1 Å². The van der Waals surface area contributed by atoms with E-state index in [-0.39, 0.29) is 5.75 Å². The van der Waals surface area contributed by atoms with Gasteiger partial charge in [-0.3, -0.25) is 4.79 Å². The molecule has 0 radical (unpaired) electrons. The summed E-state index contributed by atoms with van der Waals surface area (Å²) in [4.78, 5) is 11.2. The third-order valence-corrected chi connectivity index (χ3v) is 2.73. The standard InChI is InChI=1S/C9H7F3O5S/c1-16-8-5-3-6(2-4-7(8)13)17-18(14,15)9(10,11)12/h2-5H,1H3. The average molecular weight is 284 g/mol. The Bertz CT molecular complexity index is 594. The van der Waals surface area contributed by atoms with Crippen molar-refractivity contribution in [3.8, 4) is 11.5 Å². The first kappa shape index (κ1) is 14.3. The summed E-state index contributed by atoms with van der Waals surface area (Å²) in [5, 5.41) is 0. The Morgan fingerprint density at radius 2 is 1.67 bits per heavy atom. The highest BCUT2D eigenvalue weighted by Crippen LogP contribution is 2.26. The lowest BCUT2D eigenvalue weighted by molar-refractivity contribution is -0.0500. The zero-order chi connectivity index (χ0) is 14.0. The van der Waals surface area contributed by atoms with Crippen LogP contribution in [-0.4, -0.2) is 21.0 Å². The molecule has 0 heterocycles. The fraction of sp³-hybridized carbons (Fsp3) is 0.222. The van der Waals surface area contributed by atoms with Crippen LogP contribution in [0.4, 0.5) is 13.2 Å². The highest BCUT2D eigenvalue weighted by Gasteiger charge is 2.48. The van der Waals surface area contributed by atoms with E-state index in [1.54, 1.807) is 0 Å². The molecule has 0 atom stereocenters. The van der Waals surface area contributed by atoms with Crippen LogP contribution < -0.4 is 14.3 Å². The normalized spacial score (nSPS) is 12.0. The summed E-state index contributed by atoms with van der Waals surface area (Å²) >= 11 is 0. The summed E-state index contributed by atoms with van der Waals surface area (Å²) in [7, 11) is -4.57. The largest absolute Gasteiger partial charge is 0.534 e. The zero-order valence-corrected chi connectivity index (χ0v) is 9.71. The first-order chi connectivity index (χ1) is 8.17. The highest BCUT2D eigenvalue weighted by molar-refractivity contribution is 7.87. The first-order valence-electron chi connectivity index (χ1n) is 4.36. The summed E-state index contributed by atoms with van der Waals surface area (Å²) in [5.41, 5.74) is -6.16. The van der Waals surface area contributed by atoms with Gasteiger partial charge in [0.05, 0.1) is 7.11 Å². The van der Waals surface area contributed by atoms with E-state index in [9.17, 15) is 26.4 Å². The van der Waals surface area contributed by atoms with Gasteiger partial charge >= 0.3 is 15.6 Å². The molecule has 1 aromatic rings. The van der Waals surface area contributed by atoms with Crippen molar-refractivity contribution < 1.29 is 30.5 Å². The number of halogens is 3. The van der Waals surface area contributed by atoms with Gasteiger partial charge < -0.3 is 8.92 Å². The van der Waals surface area contributed by atoms with E-state index in [1.807, 2.05) is 0 Å².